The van der Waals surface area contributed by atoms with Gasteiger partial charge in [-0.05, 0) is 71.8 Å². The monoisotopic (exact) mass is 527 g/mol. The minimum Gasteiger partial charge on any atom is -0.496 e. The normalized spacial score (nSPS) is 21.2. The molecule has 1 atom stereocenters. The molecule has 1 aromatic carbocycles. The summed E-state index contributed by atoms with van der Waals surface area (Å²) in [5.41, 5.74) is 3.17. The van der Waals surface area contributed by atoms with E-state index >= 15 is 0 Å². The first-order valence-electron chi connectivity index (χ1n) is 11.3. The van der Waals surface area contributed by atoms with Gasteiger partial charge in [-0.1, -0.05) is 47.7 Å². The molecule has 0 aromatic heterocycles. The summed E-state index contributed by atoms with van der Waals surface area (Å²) in [6.07, 6.45) is 17.7. The number of halogens is 1. The highest BCUT2D eigenvalue weighted by molar-refractivity contribution is 9.10. The van der Waals surface area contributed by atoms with Gasteiger partial charge in [0.25, 0.3) is 5.91 Å². The maximum atomic E-state index is 13.4. The average Bonchev–Trinajstić information content (AvgIpc) is 2.82. The molecule has 2 aliphatic carbocycles. The van der Waals surface area contributed by atoms with Gasteiger partial charge >= 0.3 is 5.91 Å². The van der Waals surface area contributed by atoms with E-state index in [1.54, 1.807) is 11.7 Å². The van der Waals surface area contributed by atoms with Gasteiger partial charge in [0.15, 0.2) is 0 Å². The first-order valence-corrected chi connectivity index (χ1v) is 12.9. The molecule has 0 bridgehead atoms. The molecule has 7 heteroatoms. The summed E-state index contributed by atoms with van der Waals surface area (Å²) >= 11 is 5.01. The van der Waals surface area contributed by atoms with Crippen LogP contribution in [0.1, 0.15) is 37.7 Å². The SMILES string of the molecule is COc1ccc(/C=C2/SC3C=CC=CC3=[N+](CC(=O)NCCC3=CCCCC3)C2=O)cc1Br. The zero-order chi connectivity index (χ0) is 23.2. The quantitative estimate of drug-likeness (QED) is 0.307. The lowest BCUT2D eigenvalue weighted by Gasteiger charge is -2.21. The van der Waals surface area contributed by atoms with Crippen LogP contribution in [-0.4, -0.2) is 47.6 Å². The van der Waals surface area contributed by atoms with Crippen LogP contribution in [0.5, 0.6) is 5.75 Å². The van der Waals surface area contributed by atoms with Crippen molar-refractivity contribution < 1.29 is 18.9 Å². The molecule has 0 radical (unpaired) electrons. The smallest absolute Gasteiger partial charge is 0.426 e. The molecule has 33 heavy (non-hydrogen) atoms. The number of thioether (sulfide) groups is 1. The number of fused-ring (bicyclic) bond motifs is 1. The van der Waals surface area contributed by atoms with Crippen molar-refractivity contribution in [1.29, 1.82) is 0 Å². The third kappa shape index (κ3) is 5.95. The van der Waals surface area contributed by atoms with Crippen LogP contribution in [0.15, 0.2) is 63.5 Å². The Hall–Kier alpha value is -2.38. The van der Waals surface area contributed by atoms with Crippen molar-refractivity contribution in [2.75, 3.05) is 20.2 Å². The molecule has 0 saturated heterocycles. The van der Waals surface area contributed by atoms with Crippen LogP contribution >= 0.6 is 27.7 Å². The highest BCUT2D eigenvalue weighted by Crippen LogP contribution is 2.34. The number of amides is 2. The second-order valence-electron chi connectivity index (χ2n) is 8.21. The zero-order valence-corrected chi connectivity index (χ0v) is 21.1. The van der Waals surface area contributed by atoms with E-state index in [1.165, 1.54) is 30.2 Å². The predicted octanol–water partition coefficient (Wildman–Crippen LogP) is 5.03. The van der Waals surface area contributed by atoms with E-state index < -0.39 is 0 Å². The van der Waals surface area contributed by atoms with Gasteiger partial charge in [0.1, 0.15) is 15.9 Å². The van der Waals surface area contributed by atoms with E-state index in [-0.39, 0.29) is 23.6 Å². The van der Waals surface area contributed by atoms with Crippen LogP contribution < -0.4 is 10.1 Å². The fourth-order valence-electron chi connectivity index (χ4n) is 4.17. The highest BCUT2D eigenvalue weighted by atomic mass is 79.9. The molecule has 1 unspecified atom stereocenters. The van der Waals surface area contributed by atoms with Gasteiger partial charge < -0.3 is 10.1 Å². The van der Waals surface area contributed by atoms with E-state index in [9.17, 15) is 9.59 Å². The van der Waals surface area contributed by atoms with Crippen LogP contribution in [0.4, 0.5) is 0 Å². The van der Waals surface area contributed by atoms with Gasteiger partial charge in [-0.15, -0.1) is 4.58 Å². The number of hydrogen-bond acceptors (Lipinski definition) is 4. The minimum atomic E-state index is -0.150. The Bertz CT molecular complexity index is 1100. The zero-order valence-electron chi connectivity index (χ0n) is 18.7. The number of benzene rings is 1. The number of carbonyl (C=O) groups is 2. The van der Waals surface area contributed by atoms with Crippen LogP contribution in [0.3, 0.4) is 0 Å². The summed E-state index contributed by atoms with van der Waals surface area (Å²) in [6, 6.07) is 5.70. The molecule has 172 valence electrons. The Labute approximate surface area is 207 Å². The average molecular weight is 528 g/mol. The number of carbonyl (C=O) groups excluding carboxylic acids is 2. The standard InChI is InChI=1S/C26H27BrN2O3S/c1-32-22-12-11-19(15-20(22)27)16-24-26(31)29(21-9-5-6-10-23(21)33-24)17-25(30)28-14-13-18-7-3-2-4-8-18/h5-7,9-12,15-16,23H,2-4,8,13-14,17H2,1H3/p+1/b24-16+. The molecule has 2 amide bonds. The summed E-state index contributed by atoms with van der Waals surface area (Å²) in [5.74, 6) is 0.453. The maximum absolute atomic E-state index is 13.4. The van der Waals surface area contributed by atoms with E-state index in [1.807, 2.05) is 42.5 Å². The summed E-state index contributed by atoms with van der Waals surface area (Å²) in [4.78, 5) is 26.7. The predicted molar refractivity (Wildman–Crippen MR) is 138 cm³/mol. The van der Waals surface area contributed by atoms with Gasteiger partial charge in [0.2, 0.25) is 12.3 Å². The summed E-state index contributed by atoms with van der Waals surface area (Å²) in [5, 5.41) is 3.00. The van der Waals surface area contributed by atoms with Gasteiger partial charge in [-0.25, -0.2) is 4.79 Å². The maximum Gasteiger partial charge on any atom is 0.426 e. The third-order valence-electron chi connectivity index (χ3n) is 5.91. The van der Waals surface area contributed by atoms with Crippen molar-refractivity contribution in [2.45, 2.75) is 37.4 Å². The second-order valence-corrected chi connectivity index (χ2v) is 10.2. The lowest BCUT2D eigenvalue weighted by Crippen LogP contribution is -2.43. The van der Waals surface area contributed by atoms with E-state index in [4.69, 9.17) is 4.74 Å². The Morgan fingerprint density at radius 3 is 2.97 bits per heavy atom. The number of hydrogen-bond donors (Lipinski definition) is 1. The number of rotatable bonds is 7. The largest absolute Gasteiger partial charge is 0.496 e. The molecule has 1 heterocycles. The molecule has 1 aromatic rings. The number of ether oxygens (including phenoxy) is 1. The van der Waals surface area contributed by atoms with Gasteiger partial charge in [0.05, 0.1) is 11.6 Å². The van der Waals surface area contributed by atoms with Crippen molar-refractivity contribution in [3.05, 3.63) is 69.1 Å². The van der Waals surface area contributed by atoms with Crippen LogP contribution in [0, 0.1) is 0 Å². The fraction of sp³-hybridized carbons (Fsp3) is 0.346. The number of methoxy groups -OCH3 is 1. The molecule has 0 saturated carbocycles. The fourth-order valence-corrected chi connectivity index (χ4v) is 5.91. The molecular formula is C26H28BrN2O3S+. The second kappa shape index (κ2) is 11.2. The first-order chi connectivity index (χ1) is 16.0. The van der Waals surface area contributed by atoms with E-state index in [2.05, 4.69) is 33.4 Å². The van der Waals surface area contributed by atoms with Crippen LogP contribution in [0.25, 0.3) is 6.08 Å². The third-order valence-corrected chi connectivity index (χ3v) is 7.72. The van der Waals surface area contributed by atoms with Gasteiger partial charge in [-0.3, -0.25) is 4.79 Å². The van der Waals surface area contributed by atoms with Crippen molar-refractivity contribution in [1.82, 2.24) is 5.32 Å². The van der Waals surface area contributed by atoms with Crippen molar-refractivity contribution in [2.24, 2.45) is 0 Å². The summed E-state index contributed by atoms with van der Waals surface area (Å²) in [7, 11) is 1.62. The number of allylic oxidation sites excluding steroid dienone is 4. The Balaban J connectivity index is 1.49. The topological polar surface area (TPSA) is 58.4 Å². The first kappa shape index (κ1) is 23.8. The molecule has 3 aliphatic rings. The highest BCUT2D eigenvalue weighted by Gasteiger charge is 2.39. The Kier molecular flexibility index (Phi) is 8.04. The Morgan fingerprint density at radius 2 is 2.21 bits per heavy atom. The minimum absolute atomic E-state index is 0.000772. The van der Waals surface area contributed by atoms with E-state index in [0.29, 0.717) is 11.4 Å². The Morgan fingerprint density at radius 1 is 1.33 bits per heavy atom. The number of nitrogens with zero attached hydrogens (tertiary/aromatic N) is 1. The van der Waals surface area contributed by atoms with Crippen molar-refractivity contribution in [3.63, 3.8) is 0 Å². The molecular weight excluding hydrogens is 500 g/mol. The van der Waals surface area contributed by atoms with Crippen LogP contribution in [-0.2, 0) is 9.59 Å². The summed E-state index contributed by atoms with van der Waals surface area (Å²) in [6.45, 7) is 0.630. The van der Waals surface area contributed by atoms with Crippen molar-refractivity contribution >= 4 is 51.3 Å². The number of nitrogens with one attached hydrogen (secondary N) is 1. The summed E-state index contributed by atoms with van der Waals surface area (Å²) < 4.78 is 7.73. The molecule has 0 spiro atoms. The van der Waals surface area contributed by atoms with Crippen molar-refractivity contribution in [3.8, 4) is 5.75 Å². The molecule has 4 rings (SSSR count). The lowest BCUT2D eigenvalue weighted by atomic mass is 9.97. The molecule has 5 nitrogen and oxygen atoms in total. The van der Waals surface area contributed by atoms with E-state index in [0.717, 1.165) is 40.8 Å². The molecule has 0 fully saturated rings. The van der Waals surface area contributed by atoms with Gasteiger partial charge in [-0.2, -0.15) is 0 Å². The lowest BCUT2D eigenvalue weighted by molar-refractivity contribution is -0.434. The molecule has 1 aliphatic heterocycles. The van der Waals surface area contributed by atoms with Crippen LogP contribution in [0.2, 0.25) is 0 Å². The molecule has 1 N–H and O–H groups in total. The van der Waals surface area contributed by atoms with Gasteiger partial charge in [0, 0.05) is 12.6 Å².